The van der Waals surface area contributed by atoms with E-state index in [0.717, 1.165) is 47.9 Å². The molecule has 2 N–H and O–H groups in total. The lowest BCUT2D eigenvalue weighted by molar-refractivity contribution is 0.188. The molecule has 3 heterocycles. The van der Waals surface area contributed by atoms with Gasteiger partial charge in [0.2, 0.25) is 11.9 Å². The van der Waals surface area contributed by atoms with E-state index in [-0.39, 0.29) is 6.61 Å². The van der Waals surface area contributed by atoms with Crippen molar-refractivity contribution in [3.05, 3.63) is 54.4 Å². The largest absolute Gasteiger partial charge is 0.457 e. The zero-order valence-corrected chi connectivity index (χ0v) is 19.1. The number of aliphatic hydroxyl groups is 1. The summed E-state index contributed by atoms with van der Waals surface area (Å²) in [6.45, 7) is 6.12. The number of rotatable bonds is 7. The number of β-amino-alcohol motifs (C(OH)–C–C–N with tert-alkyl or cyclic N) is 1. The monoisotopic (exact) mass is 463 g/mol. The molecule has 1 aliphatic heterocycles. The third-order valence-electron chi connectivity index (χ3n) is 5.36. The topological polar surface area (TPSA) is 99.5 Å². The van der Waals surface area contributed by atoms with Crippen LogP contribution >= 0.6 is 11.3 Å². The van der Waals surface area contributed by atoms with Gasteiger partial charge in [-0.3, -0.25) is 10.2 Å². The van der Waals surface area contributed by atoms with Crippen LogP contribution in [0.3, 0.4) is 0 Å². The van der Waals surface area contributed by atoms with Crippen LogP contribution in [-0.4, -0.2) is 69.3 Å². The Labute approximate surface area is 195 Å². The fourth-order valence-corrected chi connectivity index (χ4v) is 4.61. The van der Waals surface area contributed by atoms with Crippen LogP contribution in [0.1, 0.15) is 5.82 Å². The Kier molecular flexibility index (Phi) is 6.29. The number of fused-ring (bicyclic) bond motifs is 1. The molecular weight excluding hydrogens is 438 g/mol. The summed E-state index contributed by atoms with van der Waals surface area (Å²) in [4.78, 5) is 22.7. The molecule has 2 aromatic carbocycles. The minimum Gasteiger partial charge on any atom is -0.457 e. The molecular formula is C23H25N7O2S. The van der Waals surface area contributed by atoms with Gasteiger partial charge in [0.25, 0.3) is 0 Å². The molecule has 0 amide bonds. The molecule has 4 aromatic rings. The highest BCUT2D eigenvalue weighted by molar-refractivity contribution is 7.22. The van der Waals surface area contributed by atoms with Crippen LogP contribution in [0.15, 0.2) is 48.5 Å². The first-order chi connectivity index (χ1) is 16.2. The lowest BCUT2D eigenvalue weighted by atomic mass is 10.3. The van der Waals surface area contributed by atoms with Crippen LogP contribution in [0.2, 0.25) is 0 Å². The lowest BCUT2D eigenvalue weighted by Gasteiger charge is -2.34. The average molecular weight is 464 g/mol. The van der Waals surface area contributed by atoms with Gasteiger partial charge in [0.05, 0.1) is 16.8 Å². The molecule has 1 aliphatic rings. The summed E-state index contributed by atoms with van der Waals surface area (Å²) in [5.41, 5.74) is 0.883. The van der Waals surface area contributed by atoms with Crippen molar-refractivity contribution in [2.24, 2.45) is 0 Å². The number of thiazole rings is 1. The highest BCUT2D eigenvalue weighted by Gasteiger charge is 2.20. The molecule has 0 unspecified atom stereocenters. The molecule has 0 saturated carbocycles. The molecule has 0 radical (unpaired) electrons. The minimum atomic E-state index is 0.182. The Balaban J connectivity index is 1.31. The van der Waals surface area contributed by atoms with Crippen molar-refractivity contribution in [2.45, 2.75) is 6.92 Å². The first-order valence-electron chi connectivity index (χ1n) is 10.9. The SMILES string of the molecule is Cc1nc(Nc2nc3ccc(Oc4ccccc4)cc3s2)nc(N2CCN(CCO)CC2)n1. The summed E-state index contributed by atoms with van der Waals surface area (Å²) in [6, 6.07) is 15.6. The quantitative estimate of drug-likeness (QED) is 0.427. The molecule has 1 fully saturated rings. The zero-order valence-electron chi connectivity index (χ0n) is 18.3. The highest BCUT2D eigenvalue weighted by Crippen LogP contribution is 2.32. The van der Waals surface area contributed by atoms with E-state index in [9.17, 15) is 0 Å². The van der Waals surface area contributed by atoms with E-state index < -0.39 is 0 Å². The van der Waals surface area contributed by atoms with Crippen molar-refractivity contribution < 1.29 is 9.84 Å². The first kappa shape index (κ1) is 21.5. The van der Waals surface area contributed by atoms with Gasteiger partial charge in [0, 0.05) is 38.8 Å². The van der Waals surface area contributed by atoms with Crippen molar-refractivity contribution in [1.29, 1.82) is 0 Å². The van der Waals surface area contributed by atoms with Gasteiger partial charge in [-0.05, 0) is 31.2 Å². The second kappa shape index (κ2) is 9.65. The predicted octanol–water partition coefficient (Wildman–Crippen LogP) is 3.44. The number of para-hydroxylation sites is 1. The second-order valence-electron chi connectivity index (χ2n) is 7.75. The fourth-order valence-electron chi connectivity index (χ4n) is 3.72. The number of piperazine rings is 1. The highest BCUT2D eigenvalue weighted by atomic mass is 32.1. The summed E-state index contributed by atoms with van der Waals surface area (Å²) < 4.78 is 6.95. The Morgan fingerprint density at radius 2 is 1.79 bits per heavy atom. The van der Waals surface area contributed by atoms with E-state index in [1.54, 1.807) is 0 Å². The van der Waals surface area contributed by atoms with Crippen molar-refractivity contribution in [3.8, 4) is 11.5 Å². The van der Waals surface area contributed by atoms with Crippen LogP contribution in [0.25, 0.3) is 10.2 Å². The van der Waals surface area contributed by atoms with Gasteiger partial charge in [-0.25, -0.2) is 4.98 Å². The maximum Gasteiger partial charge on any atom is 0.234 e. The summed E-state index contributed by atoms with van der Waals surface area (Å²) in [7, 11) is 0. The Hall–Kier alpha value is -3.34. The van der Waals surface area contributed by atoms with Crippen molar-refractivity contribution in [3.63, 3.8) is 0 Å². The number of benzene rings is 2. The third kappa shape index (κ3) is 5.19. The number of ether oxygens (including phenoxy) is 1. The van der Waals surface area contributed by atoms with Crippen LogP contribution in [0.5, 0.6) is 11.5 Å². The molecule has 5 rings (SSSR count). The Morgan fingerprint density at radius 1 is 0.970 bits per heavy atom. The number of nitrogens with zero attached hydrogens (tertiary/aromatic N) is 6. The number of hydrogen-bond acceptors (Lipinski definition) is 10. The molecule has 9 nitrogen and oxygen atoms in total. The van der Waals surface area contributed by atoms with Crippen LogP contribution < -0.4 is 15.0 Å². The molecule has 0 atom stereocenters. The summed E-state index contributed by atoms with van der Waals surface area (Å²) in [5, 5.41) is 13.1. The Bertz CT molecular complexity index is 1230. The maximum atomic E-state index is 9.14. The molecule has 10 heteroatoms. The van der Waals surface area contributed by atoms with E-state index >= 15 is 0 Å². The molecule has 1 saturated heterocycles. The van der Waals surface area contributed by atoms with Crippen molar-refractivity contribution in [1.82, 2.24) is 24.8 Å². The van der Waals surface area contributed by atoms with Crippen molar-refractivity contribution in [2.75, 3.05) is 49.5 Å². The lowest BCUT2D eigenvalue weighted by Crippen LogP contribution is -2.47. The third-order valence-corrected chi connectivity index (χ3v) is 6.30. The molecule has 170 valence electrons. The summed E-state index contributed by atoms with van der Waals surface area (Å²) >= 11 is 1.52. The van der Waals surface area contributed by atoms with Gasteiger partial charge in [0.1, 0.15) is 17.3 Å². The number of aliphatic hydroxyl groups excluding tert-OH is 1. The number of anilines is 3. The van der Waals surface area contributed by atoms with Gasteiger partial charge in [0.15, 0.2) is 5.13 Å². The smallest absolute Gasteiger partial charge is 0.234 e. The van der Waals surface area contributed by atoms with Crippen LogP contribution in [0, 0.1) is 6.92 Å². The summed E-state index contributed by atoms with van der Waals surface area (Å²) in [5.74, 6) is 3.36. The van der Waals surface area contributed by atoms with E-state index in [1.807, 2.05) is 55.5 Å². The number of aryl methyl sites for hydroxylation is 1. The molecule has 0 spiro atoms. The average Bonchev–Trinajstić information content (AvgIpc) is 3.21. The fraction of sp³-hybridized carbons (Fsp3) is 0.304. The number of nitrogens with one attached hydrogen (secondary N) is 1. The van der Waals surface area contributed by atoms with Gasteiger partial charge >= 0.3 is 0 Å². The second-order valence-corrected chi connectivity index (χ2v) is 8.78. The van der Waals surface area contributed by atoms with E-state index in [2.05, 4.69) is 35.1 Å². The molecule has 33 heavy (non-hydrogen) atoms. The standard InChI is InChI=1S/C23H25N7O2S/c1-16-24-21(27-22(25-16)30-11-9-29(10-12-30)13-14-31)28-23-26-19-8-7-18(15-20(19)33-23)32-17-5-3-2-4-6-17/h2-8,15,31H,9-14H2,1H3,(H,24,25,26,27,28). The normalized spacial score (nSPS) is 14.5. The molecule has 0 bridgehead atoms. The minimum absolute atomic E-state index is 0.182. The van der Waals surface area contributed by atoms with Crippen molar-refractivity contribution >= 4 is 38.6 Å². The number of hydrogen-bond donors (Lipinski definition) is 2. The Morgan fingerprint density at radius 3 is 2.58 bits per heavy atom. The van der Waals surface area contributed by atoms with Gasteiger partial charge in [-0.15, -0.1) is 0 Å². The van der Waals surface area contributed by atoms with Crippen LogP contribution in [-0.2, 0) is 0 Å². The number of aromatic nitrogens is 4. The van der Waals surface area contributed by atoms with E-state index in [1.165, 1.54) is 11.3 Å². The molecule has 2 aromatic heterocycles. The predicted molar refractivity (Wildman–Crippen MR) is 130 cm³/mol. The van der Waals surface area contributed by atoms with Gasteiger partial charge in [-0.1, -0.05) is 29.5 Å². The van der Waals surface area contributed by atoms with Gasteiger partial charge < -0.3 is 14.7 Å². The van der Waals surface area contributed by atoms with Crippen LogP contribution in [0.4, 0.5) is 17.0 Å². The zero-order chi connectivity index (χ0) is 22.6. The van der Waals surface area contributed by atoms with E-state index in [4.69, 9.17) is 9.84 Å². The summed E-state index contributed by atoms with van der Waals surface area (Å²) in [6.07, 6.45) is 0. The molecule has 0 aliphatic carbocycles. The maximum absolute atomic E-state index is 9.14. The van der Waals surface area contributed by atoms with E-state index in [0.29, 0.717) is 29.4 Å². The van der Waals surface area contributed by atoms with Gasteiger partial charge in [-0.2, -0.15) is 15.0 Å². The first-order valence-corrected chi connectivity index (χ1v) is 11.7.